The van der Waals surface area contributed by atoms with Gasteiger partial charge in [-0.2, -0.15) is 0 Å². The first-order chi connectivity index (χ1) is 11.4. The van der Waals surface area contributed by atoms with E-state index in [4.69, 9.17) is 5.73 Å². The zero-order valence-corrected chi connectivity index (χ0v) is 13.4. The molecule has 0 spiro atoms. The molecule has 0 heterocycles. The molecule has 0 bridgehead atoms. The Morgan fingerprint density at radius 3 is 2.21 bits per heavy atom. The number of amides is 2. The molecular formula is C17H21N3O4. The second-order valence-corrected chi connectivity index (χ2v) is 6.03. The van der Waals surface area contributed by atoms with Gasteiger partial charge in [0.05, 0.1) is 4.92 Å². The van der Waals surface area contributed by atoms with Gasteiger partial charge in [-0.15, -0.1) is 0 Å². The van der Waals surface area contributed by atoms with Gasteiger partial charge in [0.25, 0.3) is 5.69 Å². The van der Waals surface area contributed by atoms with Crippen molar-refractivity contribution in [2.24, 2.45) is 5.73 Å². The molecule has 1 aliphatic rings. The number of hydrogen-bond acceptors (Lipinski definition) is 4. The van der Waals surface area contributed by atoms with Gasteiger partial charge in [0.1, 0.15) is 5.54 Å². The zero-order chi connectivity index (χ0) is 17.6. The summed E-state index contributed by atoms with van der Waals surface area (Å²) in [5.74, 6) is -0.893. The highest BCUT2D eigenvalue weighted by atomic mass is 16.6. The molecule has 0 atom stereocenters. The molecular weight excluding hydrogens is 310 g/mol. The molecule has 24 heavy (non-hydrogen) atoms. The van der Waals surface area contributed by atoms with Crippen LogP contribution in [0.25, 0.3) is 6.08 Å². The summed E-state index contributed by atoms with van der Waals surface area (Å²) in [5.41, 5.74) is 5.20. The number of carbonyl (C=O) groups excluding carboxylic acids is 2. The fourth-order valence-corrected chi connectivity index (χ4v) is 2.92. The fraction of sp³-hybridized carbons (Fsp3) is 0.412. The van der Waals surface area contributed by atoms with Crippen molar-refractivity contribution in [1.29, 1.82) is 0 Å². The van der Waals surface area contributed by atoms with Crippen molar-refractivity contribution in [3.8, 4) is 0 Å². The van der Waals surface area contributed by atoms with E-state index in [0.29, 0.717) is 18.4 Å². The first-order valence-corrected chi connectivity index (χ1v) is 7.97. The number of non-ortho nitro benzene ring substituents is 1. The summed E-state index contributed by atoms with van der Waals surface area (Å²) in [4.78, 5) is 34.2. The Balaban J connectivity index is 2.04. The summed E-state index contributed by atoms with van der Waals surface area (Å²) >= 11 is 0. The molecule has 1 fully saturated rings. The molecule has 1 aromatic rings. The smallest absolute Gasteiger partial charge is 0.269 e. The second kappa shape index (κ2) is 7.72. The number of carbonyl (C=O) groups is 2. The number of nitrogens with one attached hydrogen (secondary N) is 1. The number of nitro groups is 1. The molecule has 2 amide bonds. The van der Waals surface area contributed by atoms with E-state index in [1.807, 2.05) is 0 Å². The van der Waals surface area contributed by atoms with Crippen LogP contribution in [0, 0.1) is 10.1 Å². The van der Waals surface area contributed by atoms with Gasteiger partial charge in [-0.3, -0.25) is 19.7 Å². The van der Waals surface area contributed by atoms with Crippen molar-refractivity contribution in [2.75, 3.05) is 0 Å². The van der Waals surface area contributed by atoms with Gasteiger partial charge in [0, 0.05) is 18.2 Å². The lowest BCUT2D eigenvalue weighted by Crippen LogP contribution is -2.56. The first-order valence-electron chi connectivity index (χ1n) is 7.97. The van der Waals surface area contributed by atoms with Crippen molar-refractivity contribution in [3.05, 3.63) is 46.0 Å². The van der Waals surface area contributed by atoms with Crippen LogP contribution in [0.5, 0.6) is 0 Å². The third kappa shape index (κ3) is 4.41. The Bertz CT molecular complexity index is 644. The Kier molecular flexibility index (Phi) is 5.68. The summed E-state index contributed by atoms with van der Waals surface area (Å²) in [7, 11) is 0. The summed E-state index contributed by atoms with van der Waals surface area (Å²) in [6, 6.07) is 5.84. The van der Waals surface area contributed by atoms with Gasteiger partial charge >= 0.3 is 0 Å². The molecule has 2 rings (SSSR count). The minimum absolute atomic E-state index is 0.0114. The van der Waals surface area contributed by atoms with Crippen molar-refractivity contribution in [3.63, 3.8) is 0 Å². The van der Waals surface area contributed by atoms with E-state index >= 15 is 0 Å². The summed E-state index contributed by atoms with van der Waals surface area (Å²) in [6.07, 6.45) is 7.75. The van der Waals surface area contributed by atoms with Gasteiger partial charge in [-0.1, -0.05) is 25.7 Å². The predicted octanol–water partition coefficient (Wildman–Crippen LogP) is 2.30. The Labute approximate surface area is 140 Å². The highest BCUT2D eigenvalue weighted by molar-refractivity contribution is 5.97. The summed E-state index contributed by atoms with van der Waals surface area (Å²) in [6.45, 7) is 0. The SMILES string of the molecule is NC(=O)C1(NC(=O)C=Cc2ccc([N+](=O)[O-])cc2)CCCCCC1. The van der Waals surface area contributed by atoms with Crippen molar-refractivity contribution in [2.45, 2.75) is 44.1 Å². The molecule has 0 saturated heterocycles. The molecule has 1 aromatic carbocycles. The maximum atomic E-state index is 12.2. The molecule has 7 heteroatoms. The molecule has 128 valence electrons. The monoisotopic (exact) mass is 331 g/mol. The number of nitrogens with zero attached hydrogens (tertiary/aromatic N) is 1. The normalized spacial score (nSPS) is 17.2. The quantitative estimate of drug-likeness (QED) is 0.373. The minimum Gasteiger partial charge on any atom is -0.368 e. The number of nitrogens with two attached hydrogens (primary N) is 1. The van der Waals surface area contributed by atoms with Crippen molar-refractivity contribution < 1.29 is 14.5 Å². The van der Waals surface area contributed by atoms with E-state index in [1.165, 1.54) is 18.2 Å². The van der Waals surface area contributed by atoms with E-state index < -0.39 is 22.3 Å². The maximum absolute atomic E-state index is 12.2. The average molecular weight is 331 g/mol. The Morgan fingerprint density at radius 1 is 1.12 bits per heavy atom. The predicted molar refractivity (Wildman–Crippen MR) is 89.9 cm³/mol. The number of benzene rings is 1. The van der Waals surface area contributed by atoms with Gasteiger partial charge in [-0.05, 0) is 36.6 Å². The maximum Gasteiger partial charge on any atom is 0.269 e. The summed E-state index contributed by atoms with van der Waals surface area (Å²) in [5, 5.41) is 13.4. The lowest BCUT2D eigenvalue weighted by atomic mass is 9.89. The fourth-order valence-electron chi connectivity index (χ4n) is 2.92. The first kappa shape index (κ1) is 17.7. The molecule has 0 unspecified atom stereocenters. The van der Waals surface area contributed by atoms with Gasteiger partial charge in [0.2, 0.25) is 11.8 Å². The van der Waals surface area contributed by atoms with Gasteiger partial charge in [0.15, 0.2) is 0 Å². The molecule has 0 radical (unpaired) electrons. The topological polar surface area (TPSA) is 115 Å². The van der Waals surface area contributed by atoms with Crippen molar-refractivity contribution in [1.82, 2.24) is 5.32 Å². The number of hydrogen-bond donors (Lipinski definition) is 2. The van der Waals surface area contributed by atoms with Crippen LogP contribution >= 0.6 is 0 Å². The minimum atomic E-state index is -0.979. The van der Waals surface area contributed by atoms with Crippen LogP contribution in [0.15, 0.2) is 30.3 Å². The van der Waals surface area contributed by atoms with Crippen molar-refractivity contribution >= 4 is 23.6 Å². The number of nitro benzene ring substituents is 1. The zero-order valence-electron chi connectivity index (χ0n) is 13.4. The second-order valence-electron chi connectivity index (χ2n) is 6.03. The van der Waals surface area contributed by atoms with Crippen LogP contribution in [0.1, 0.15) is 44.1 Å². The van der Waals surface area contributed by atoms with E-state index in [9.17, 15) is 19.7 Å². The van der Waals surface area contributed by atoms with E-state index in [1.54, 1.807) is 18.2 Å². The van der Waals surface area contributed by atoms with E-state index in [0.717, 1.165) is 25.7 Å². The number of primary amides is 1. The van der Waals surface area contributed by atoms with Crippen LogP contribution in [0.3, 0.4) is 0 Å². The molecule has 1 saturated carbocycles. The van der Waals surface area contributed by atoms with Crippen LogP contribution in [-0.4, -0.2) is 22.3 Å². The molecule has 1 aliphatic carbocycles. The van der Waals surface area contributed by atoms with E-state index in [-0.39, 0.29) is 5.69 Å². The molecule has 7 nitrogen and oxygen atoms in total. The average Bonchev–Trinajstić information content (AvgIpc) is 2.80. The largest absolute Gasteiger partial charge is 0.368 e. The molecule has 3 N–H and O–H groups in total. The molecule has 0 aromatic heterocycles. The van der Waals surface area contributed by atoms with Gasteiger partial charge < -0.3 is 11.1 Å². The van der Waals surface area contributed by atoms with Crippen LogP contribution in [0.4, 0.5) is 5.69 Å². The van der Waals surface area contributed by atoms with Crippen LogP contribution in [-0.2, 0) is 9.59 Å². The Hall–Kier alpha value is -2.70. The Morgan fingerprint density at radius 2 is 1.71 bits per heavy atom. The molecule has 0 aliphatic heterocycles. The lowest BCUT2D eigenvalue weighted by molar-refractivity contribution is -0.384. The van der Waals surface area contributed by atoms with Crippen LogP contribution < -0.4 is 11.1 Å². The van der Waals surface area contributed by atoms with Crippen LogP contribution in [0.2, 0.25) is 0 Å². The third-order valence-corrected chi connectivity index (χ3v) is 4.32. The third-order valence-electron chi connectivity index (χ3n) is 4.32. The standard InChI is InChI=1S/C17H21N3O4/c18-16(22)17(11-3-1-2-4-12-17)19-15(21)10-7-13-5-8-14(9-6-13)20(23)24/h5-10H,1-4,11-12H2,(H2,18,22)(H,19,21). The summed E-state index contributed by atoms with van der Waals surface area (Å²) < 4.78 is 0. The lowest BCUT2D eigenvalue weighted by Gasteiger charge is -2.29. The number of rotatable bonds is 5. The van der Waals surface area contributed by atoms with E-state index in [2.05, 4.69) is 5.32 Å². The highest BCUT2D eigenvalue weighted by Gasteiger charge is 2.37. The highest BCUT2D eigenvalue weighted by Crippen LogP contribution is 2.27. The van der Waals surface area contributed by atoms with Gasteiger partial charge in [-0.25, -0.2) is 0 Å².